The molecule has 3 N–H and O–H groups in total. The van der Waals surface area contributed by atoms with Crippen LogP contribution in [0.2, 0.25) is 5.02 Å². The summed E-state index contributed by atoms with van der Waals surface area (Å²) in [4.78, 5) is 11.7. The Morgan fingerprint density at radius 1 is 1.39 bits per heavy atom. The highest BCUT2D eigenvalue weighted by molar-refractivity contribution is 8.02. The molecule has 1 aliphatic heterocycles. The molecule has 1 amide bonds. The van der Waals surface area contributed by atoms with E-state index in [1.165, 1.54) is 11.8 Å². The highest BCUT2D eigenvalue weighted by atomic mass is 35.5. The molecule has 1 atom stereocenters. The molecule has 1 aromatic rings. The molecular formula is C13H16ClN3O3S3. The third kappa shape index (κ3) is 6.54. The van der Waals surface area contributed by atoms with Crippen molar-refractivity contribution in [2.75, 3.05) is 22.6 Å². The van der Waals surface area contributed by atoms with Crippen molar-refractivity contribution in [2.45, 2.75) is 11.7 Å². The van der Waals surface area contributed by atoms with Crippen molar-refractivity contribution in [1.29, 1.82) is 0 Å². The number of benzene rings is 1. The average molecular weight is 394 g/mol. The predicted molar refractivity (Wildman–Crippen MR) is 98.5 cm³/mol. The van der Waals surface area contributed by atoms with E-state index < -0.39 is 9.84 Å². The first-order valence-electron chi connectivity index (χ1n) is 6.77. The quantitative estimate of drug-likeness (QED) is 0.528. The Morgan fingerprint density at radius 2 is 2.17 bits per heavy atom. The minimum atomic E-state index is -2.92. The predicted octanol–water partition coefficient (Wildman–Crippen LogP) is 1.58. The zero-order valence-corrected chi connectivity index (χ0v) is 15.2. The summed E-state index contributed by atoms with van der Waals surface area (Å²) in [5.74, 6) is 0.257. The van der Waals surface area contributed by atoms with Crippen LogP contribution < -0.4 is 16.2 Å². The van der Waals surface area contributed by atoms with Gasteiger partial charge in [-0.3, -0.25) is 15.6 Å². The van der Waals surface area contributed by atoms with Gasteiger partial charge in [0, 0.05) is 16.0 Å². The largest absolute Gasteiger partial charge is 0.331 e. The summed E-state index contributed by atoms with van der Waals surface area (Å²) in [5, 5.41) is 3.67. The number of carbonyl (C=O) groups is 1. The van der Waals surface area contributed by atoms with Gasteiger partial charge in [0.25, 0.3) is 0 Å². The topological polar surface area (TPSA) is 87.3 Å². The number of anilines is 1. The second kappa shape index (κ2) is 8.18. The van der Waals surface area contributed by atoms with Crippen molar-refractivity contribution in [3.05, 3.63) is 29.3 Å². The average Bonchev–Trinajstić information content (AvgIpc) is 2.82. The van der Waals surface area contributed by atoms with E-state index in [-0.39, 0.29) is 33.5 Å². The lowest BCUT2D eigenvalue weighted by Crippen LogP contribution is -2.44. The van der Waals surface area contributed by atoms with Crippen LogP contribution in [0.25, 0.3) is 0 Å². The summed E-state index contributed by atoms with van der Waals surface area (Å²) < 4.78 is 22.7. The molecule has 0 unspecified atom stereocenters. The number of halogens is 1. The number of hydrogen-bond donors (Lipinski definition) is 3. The van der Waals surface area contributed by atoms with Crippen molar-refractivity contribution < 1.29 is 13.2 Å². The van der Waals surface area contributed by atoms with Gasteiger partial charge in [0.2, 0.25) is 5.91 Å². The number of amides is 1. The van der Waals surface area contributed by atoms with Crippen molar-refractivity contribution >= 4 is 62.1 Å². The molecule has 0 aliphatic carbocycles. The SMILES string of the molecule is O=C(CS[C@@H]1CCS(=O)(=O)C1)NNC(=S)Nc1cccc(Cl)c1. The Labute approximate surface area is 149 Å². The van der Waals surface area contributed by atoms with Crippen LogP contribution in [-0.4, -0.2) is 41.9 Å². The number of hydrogen-bond acceptors (Lipinski definition) is 5. The van der Waals surface area contributed by atoms with E-state index in [1.54, 1.807) is 24.3 Å². The number of thiocarbonyl (C=S) groups is 1. The molecule has 23 heavy (non-hydrogen) atoms. The molecule has 0 saturated carbocycles. The fourth-order valence-corrected chi connectivity index (χ4v) is 5.78. The zero-order chi connectivity index (χ0) is 16.9. The van der Waals surface area contributed by atoms with Crippen LogP contribution in [0.15, 0.2) is 24.3 Å². The Morgan fingerprint density at radius 3 is 2.83 bits per heavy atom. The number of nitrogens with one attached hydrogen (secondary N) is 3. The van der Waals surface area contributed by atoms with E-state index in [9.17, 15) is 13.2 Å². The molecule has 1 heterocycles. The molecule has 0 spiro atoms. The van der Waals surface area contributed by atoms with E-state index >= 15 is 0 Å². The van der Waals surface area contributed by atoms with E-state index in [0.717, 1.165) is 0 Å². The summed E-state index contributed by atoms with van der Waals surface area (Å²) in [7, 11) is -2.92. The van der Waals surface area contributed by atoms with Crippen LogP contribution in [0.4, 0.5) is 5.69 Å². The number of sulfone groups is 1. The van der Waals surface area contributed by atoms with Gasteiger partial charge >= 0.3 is 0 Å². The second-order valence-corrected chi connectivity index (χ2v) is 9.34. The van der Waals surface area contributed by atoms with Crippen LogP contribution in [0.1, 0.15) is 6.42 Å². The number of thioether (sulfide) groups is 1. The molecule has 2 rings (SSSR count). The fourth-order valence-electron chi connectivity index (χ4n) is 1.98. The Kier molecular flexibility index (Phi) is 6.51. The lowest BCUT2D eigenvalue weighted by atomic mass is 10.3. The number of hydrazine groups is 1. The van der Waals surface area contributed by atoms with Crippen LogP contribution in [0.3, 0.4) is 0 Å². The fraction of sp³-hybridized carbons (Fsp3) is 0.385. The molecule has 1 aromatic carbocycles. The van der Waals surface area contributed by atoms with Gasteiger partial charge in [0.05, 0.1) is 17.3 Å². The minimum absolute atomic E-state index is 0.0118. The maximum Gasteiger partial charge on any atom is 0.248 e. The summed E-state index contributed by atoms with van der Waals surface area (Å²) in [6.45, 7) is 0. The van der Waals surface area contributed by atoms with Gasteiger partial charge in [-0.2, -0.15) is 0 Å². The molecular weight excluding hydrogens is 378 g/mol. The van der Waals surface area contributed by atoms with Crippen molar-refractivity contribution in [1.82, 2.24) is 10.9 Å². The monoisotopic (exact) mass is 393 g/mol. The Bertz CT molecular complexity index is 697. The van der Waals surface area contributed by atoms with Gasteiger partial charge in [-0.05, 0) is 36.8 Å². The summed E-state index contributed by atoms with van der Waals surface area (Å²) >= 11 is 12.3. The third-order valence-electron chi connectivity index (χ3n) is 3.04. The third-order valence-corrected chi connectivity index (χ3v) is 6.76. The van der Waals surface area contributed by atoms with Crippen molar-refractivity contribution in [3.63, 3.8) is 0 Å². The minimum Gasteiger partial charge on any atom is -0.331 e. The number of carbonyl (C=O) groups excluding carboxylic acids is 1. The summed E-state index contributed by atoms with van der Waals surface area (Å²) in [6, 6.07) is 7.01. The standard InChI is InChI=1S/C13H16ClN3O3S3/c14-9-2-1-3-10(6-9)15-13(21)17-16-12(18)7-22-11-4-5-23(19,20)8-11/h1-3,6,11H,4-5,7-8H2,(H,16,18)(H2,15,17,21)/t11-/m1/s1. The molecule has 0 aromatic heterocycles. The first kappa shape index (κ1) is 18.3. The zero-order valence-electron chi connectivity index (χ0n) is 12.0. The van der Waals surface area contributed by atoms with Gasteiger partial charge < -0.3 is 5.32 Å². The first-order chi connectivity index (χ1) is 10.8. The molecule has 6 nitrogen and oxygen atoms in total. The highest BCUT2D eigenvalue weighted by Crippen LogP contribution is 2.23. The van der Waals surface area contributed by atoms with Crippen LogP contribution in [0, 0.1) is 0 Å². The molecule has 0 bridgehead atoms. The van der Waals surface area contributed by atoms with Crippen LogP contribution in [-0.2, 0) is 14.6 Å². The normalized spacial score (nSPS) is 19.1. The van der Waals surface area contributed by atoms with E-state index in [2.05, 4.69) is 16.2 Å². The number of rotatable bonds is 4. The maximum absolute atomic E-state index is 11.7. The Balaban J connectivity index is 1.67. The maximum atomic E-state index is 11.7. The van der Waals surface area contributed by atoms with E-state index in [0.29, 0.717) is 17.1 Å². The van der Waals surface area contributed by atoms with E-state index in [4.69, 9.17) is 23.8 Å². The lowest BCUT2D eigenvalue weighted by Gasteiger charge is -2.12. The Hall–Kier alpha value is -1.03. The van der Waals surface area contributed by atoms with Crippen LogP contribution in [0.5, 0.6) is 0 Å². The van der Waals surface area contributed by atoms with Crippen molar-refractivity contribution in [2.24, 2.45) is 0 Å². The first-order valence-corrected chi connectivity index (χ1v) is 10.4. The molecule has 126 valence electrons. The smallest absolute Gasteiger partial charge is 0.248 e. The molecule has 10 heteroatoms. The second-order valence-electron chi connectivity index (χ2n) is 4.97. The van der Waals surface area contributed by atoms with Gasteiger partial charge in [0.15, 0.2) is 14.9 Å². The molecule has 1 aliphatic rings. The highest BCUT2D eigenvalue weighted by Gasteiger charge is 2.28. The lowest BCUT2D eigenvalue weighted by molar-refractivity contribution is -0.119. The van der Waals surface area contributed by atoms with Crippen molar-refractivity contribution in [3.8, 4) is 0 Å². The van der Waals surface area contributed by atoms with Gasteiger partial charge in [0.1, 0.15) is 0 Å². The van der Waals surface area contributed by atoms with Gasteiger partial charge in [-0.25, -0.2) is 8.42 Å². The molecule has 0 radical (unpaired) electrons. The van der Waals surface area contributed by atoms with Gasteiger partial charge in [-0.1, -0.05) is 17.7 Å². The van der Waals surface area contributed by atoms with E-state index in [1.807, 2.05) is 0 Å². The summed E-state index contributed by atoms with van der Waals surface area (Å²) in [6.07, 6.45) is 0.600. The van der Waals surface area contributed by atoms with Gasteiger partial charge in [-0.15, -0.1) is 11.8 Å². The summed E-state index contributed by atoms with van der Waals surface area (Å²) in [5.41, 5.74) is 5.76. The molecule has 1 fully saturated rings. The van der Waals surface area contributed by atoms with Crippen LogP contribution >= 0.6 is 35.6 Å². The molecule has 1 saturated heterocycles.